The first-order chi connectivity index (χ1) is 15.0. The highest BCUT2D eigenvalue weighted by molar-refractivity contribution is 9.10. The van der Waals surface area contributed by atoms with E-state index in [4.69, 9.17) is 4.42 Å². The van der Waals surface area contributed by atoms with Gasteiger partial charge in [0.15, 0.2) is 4.67 Å². The van der Waals surface area contributed by atoms with E-state index in [1.807, 2.05) is 6.92 Å². The van der Waals surface area contributed by atoms with Crippen LogP contribution in [0.25, 0.3) is 0 Å². The lowest BCUT2D eigenvalue weighted by Gasteiger charge is -2.33. The molecular formula is C24H36BrN3O3. The number of amides is 1. The highest BCUT2D eigenvalue weighted by atomic mass is 79.9. The van der Waals surface area contributed by atoms with Gasteiger partial charge in [-0.3, -0.25) is 9.59 Å². The van der Waals surface area contributed by atoms with Crippen molar-refractivity contribution in [3.63, 3.8) is 0 Å². The minimum absolute atomic E-state index is 0.138. The normalized spacial score (nSPS) is 23.6. The second kappa shape index (κ2) is 10.2. The molecule has 1 saturated heterocycles. The number of oxazole rings is 1. The van der Waals surface area contributed by atoms with Crippen LogP contribution in [0, 0.1) is 17.3 Å². The summed E-state index contributed by atoms with van der Waals surface area (Å²) in [6.07, 6.45) is 12.7. The SMILES string of the molecule is CCC(=O)CCCCC[C@H](NC(=O)[C@H]1CC12CCN(CC1CC1)CC2)c1ncc(Br)o1. The largest absolute Gasteiger partial charge is 0.432 e. The Balaban J connectivity index is 1.25. The molecule has 1 N–H and O–H groups in total. The molecule has 0 bridgehead atoms. The molecule has 6 nitrogen and oxygen atoms in total. The number of nitrogens with zero attached hydrogens (tertiary/aromatic N) is 2. The monoisotopic (exact) mass is 493 g/mol. The highest BCUT2D eigenvalue weighted by Gasteiger charge is 2.58. The molecule has 4 rings (SSSR count). The fourth-order valence-corrected chi connectivity index (χ4v) is 5.37. The van der Waals surface area contributed by atoms with Gasteiger partial charge in [-0.1, -0.05) is 19.8 Å². The van der Waals surface area contributed by atoms with Crippen molar-refractivity contribution in [2.75, 3.05) is 19.6 Å². The van der Waals surface area contributed by atoms with Crippen LogP contribution in [-0.2, 0) is 9.59 Å². The van der Waals surface area contributed by atoms with E-state index in [0.29, 0.717) is 29.2 Å². The molecule has 3 aliphatic rings. The van der Waals surface area contributed by atoms with Gasteiger partial charge in [0.25, 0.3) is 0 Å². The van der Waals surface area contributed by atoms with Crippen LogP contribution >= 0.6 is 15.9 Å². The summed E-state index contributed by atoms with van der Waals surface area (Å²) in [7, 11) is 0. The Morgan fingerprint density at radius 2 is 2.06 bits per heavy atom. The molecule has 2 heterocycles. The molecular weight excluding hydrogens is 458 g/mol. The summed E-state index contributed by atoms with van der Waals surface area (Å²) in [5, 5.41) is 3.25. The first-order valence-electron chi connectivity index (χ1n) is 12.1. The third-order valence-corrected chi connectivity index (χ3v) is 7.89. The number of unbranched alkanes of at least 4 members (excludes halogenated alkanes) is 2. The van der Waals surface area contributed by atoms with Crippen molar-refractivity contribution >= 4 is 27.6 Å². The average molecular weight is 494 g/mol. The summed E-state index contributed by atoms with van der Waals surface area (Å²) >= 11 is 3.33. The van der Waals surface area contributed by atoms with Crippen molar-refractivity contribution in [3.05, 3.63) is 16.8 Å². The molecule has 1 aromatic rings. The molecule has 31 heavy (non-hydrogen) atoms. The standard InChI is InChI=1S/C24H36BrN3O3/c1-2-18(29)6-4-3-5-7-20(23-26-15-21(25)31-23)27-22(30)19-14-24(19)10-12-28(13-11-24)16-17-8-9-17/h15,17,19-20H,2-14,16H2,1H3,(H,27,30)/t19-,20+/m1/s1. The van der Waals surface area contributed by atoms with Crippen molar-refractivity contribution < 1.29 is 14.0 Å². The number of ketones is 1. The van der Waals surface area contributed by atoms with Gasteiger partial charge >= 0.3 is 0 Å². The van der Waals surface area contributed by atoms with Crippen molar-refractivity contribution in [1.29, 1.82) is 0 Å². The van der Waals surface area contributed by atoms with Gasteiger partial charge in [-0.25, -0.2) is 4.98 Å². The highest BCUT2D eigenvalue weighted by Crippen LogP contribution is 2.59. The van der Waals surface area contributed by atoms with E-state index in [-0.39, 0.29) is 23.3 Å². The van der Waals surface area contributed by atoms with Crippen molar-refractivity contribution in [3.8, 4) is 0 Å². The minimum atomic E-state index is -0.201. The number of piperidine rings is 1. The zero-order valence-electron chi connectivity index (χ0n) is 18.7. The van der Waals surface area contributed by atoms with Crippen LogP contribution in [0.1, 0.15) is 89.5 Å². The molecule has 0 radical (unpaired) electrons. The number of halogens is 1. The third-order valence-electron chi connectivity index (χ3n) is 7.52. The molecule has 1 aromatic heterocycles. The number of hydrogen-bond donors (Lipinski definition) is 1. The van der Waals surface area contributed by atoms with Crippen LogP contribution in [0.5, 0.6) is 0 Å². The molecule has 172 valence electrons. The third kappa shape index (κ3) is 6.19. The Hall–Kier alpha value is -1.21. The number of rotatable bonds is 12. The maximum atomic E-state index is 13.1. The Morgan fingerprint density at radius 1 is 1.29 bits per heavy atom. The Labute approximate surface area is 194 Å². The van der Waals surface area contributed by atoms with Gasteiger partial charge in [0.05, 0.1) is 6.20 Å². The quantitative estimate of drug-likeness (QED) is 0.413. The molecule has 0 aromatic carbocycles. The van der Waals surface area contributed by atoms with E-state index >= 15 is 0 Å². The fraction of sp³-hybridized carbons (Fsp3) is 0.792. The van der Waals surface area contributed by atoms with Gasteiger partial charge in [-0.2, -0.15) is 0 Å². The van der Waals surface area contributed by atoms with E-state index in [1.165, 1.54) is 19.4 Å². The smallest absolute Gasteiger partial charge is 0.224 e. The van der Waals surface area contributed by atoms with E-state index in [0.717, 1.165) is 64.0 Å². The maximum absolute atomic E-state index is 13.1. The minimum Gasteiger partial charge on any atom is -0.432 e. The summed E-state index contributed by atoms with van der Waals surface area (Å²) in [6, 6.07) is -0.201. The van der Waals surface area contributed by atoms with Crippen LogP contribution in [-0.4, -0.2) is 41.2 Å². The number of likely N-dealkylation sites (tertiary alicyclic amines) is 1. The average Bonchev–Trinajstić information content (AvgIpc) is 3.67. The van der Waals surface area contributed by atoms with Crippen LogP contribution < -0.4 is 5.32 Å². The lowest BCUT2D eigenvalue weighted by Crippen LogP contribution is -2.38. The predicted octanol–water partition coefficient (Wildman–Crippen LogP) is 5.04. The zero-order valence-corrected chi connectivity index (χ0v) is 20.3. The molecule has 0 unspecified atom stereocenters. The predicted molar refractivity (Wildman–Crippen MR) is 122 cm³/mol. The van der Waals surface area contributed by atoms with E-state index < -0.39 is 0 Å². The van der Waals surface area contributed by atoms with E-state index in [9.17, 15) is 9.59 Å². The van der Waals surface area contributed by atoms with Crippen LogP contribution in [0.15, 0.2) is 15.3 Å². The molecule has 1 aliphatic heterocycles. The summed E-state index contributed by atoms with van der Waals surface area (Å²) < 4.78 is 6.27. The number of Topliss-reactive ketones (excluding diaryl/α,β-unsaturated/α-hetero) is 1. The summed E-state index contributed by atoms with van der Waals surface area (Å²) in [4.78, 5) is 31.5. The lowest BCUT2D eigenvalue weighted by molar-refractivity contribution is -0.124. The van der Waals surface area contributed by atoms with Gasteiger partial charge < -0.3 is 14.6 Å². The molecule has 2 atom stereocenters. The first kappa shape index (κ1) is 23.0. The number of carbonyl (C=O) groups excluding carboxylic acids is 2. The number of carbonyl (C=O) groups is 2. The zero-order chi connectivity index (χ0) is 21.8. The van der Waals surface area contributed by atoms with Crippen molar-refractivity contribution in [1.82, 2.24) is 15.2 Å². The van der Waals surface area contributed by atoms with E-state index in [2.05, 4.69) is 31.1 Å². The fourth-order valence-electron chi connectivity index (χ4n) is 5.10. The molecule has 2 saturated carbocycles. The van der Waals surface area contributed by atoms with Gasteiger partial charge in [0.1, 0.15) is 11.8 Å². The van der Waals surface area contributed by atoms with Gasteiger partial charge in [-0.15, -0.1) is 0 Å². The molecule has 1 amide bonds. The molecule has 2 aliphatic carbocycles. The van der Waals surface area contributed by atoms with E-state index in [1.54, 1.807) is 6.20 Å². The first-order valence-corrected chi connectivity index (χ1v) is 12.9. The number of nitrogens with one attached hydrogen (secondary N) is 1. The molecule has 3 fully saturated rings. The number of aromatic nitrogens is 1. The number of hydrogen-bond acceptors (Lipinski definition) is 5. The maximum Gasteiger partial charge on any atom is 0.224 e. The Bertz CT molecular complexity index is 768. The van der Waals surface area contributed by atoms with Gasteiger partial charge in [-0.05, 0) is 85.3 Å². The second-order valence-corrected chi connectivity index (χ2v) is 10.7. The van der Waals surface area contributed by atoms with Crippen molar-refractivity contribution in [2.24, 2.45) is 17.3 Å². The molecule has 7 heteroatoms. The lowest BCUT2D eigenvalue weighted by atomic mass is 9.90. The summed E-state index contributed by atoms with van der Waals surface area (Å²) in [6.45, 7) is 5.47. The topological polar surface area (TPSA) is 75.4 Å². The van der Waals surface area contributed by atoms with Crippen LogP contribution in [0.3, 0.4) is 0 Å². The summed E-state index contributed by atoms with van der Waals surface area (Å²) in [5.74, 6) is 2.13. The van der Waals surface area contributed by atoms with Crippen molar-refractivity contribution in [2.45, 2.75) is 83.6 Å². The Morgan fingerprint density at radius 3 is 2.71 bits per heavy atom. The second-order valence-electron chi connectivity index (χ2n) is 9.92. The summed E-state index contributed by atoms with van der Waals surface area (Å²) in [5.41, 5.74) is 0.229. The Kier molecular flexibility index (Phi) is 7.52. The van der Waals surface area contributed by atoms with Crippen LogP contribution in [0.4, 0.5) is 0 Å². The van der Waals surface area contributed by atoms with Gasteiger partial charge in [0.2, 0.25) is 11.8 Å². The van der Waals surface area contributed by atoms with Gasteiger partial charge in [0, 0.05) is 25.3 Å². The van der Waals surface area contributed by atoms with Crippen LogP contribution in [0.2, 0.25) is 0 Å². The molecule has 1 spiro atoms.